The normalized spacial score (nSPS) is 32.8. The summed E-state index contributed by atoms with van der Waals surface area (Å²) in [6.45, 7) is 0. The van der Waals surface area contributed by atoms with Crippen LogP contribution in [0.4, 0.5) is 0 Å². The van der Waals surface area contributed by atoms with Crippen LogP contribution in [0.5, 0.6) is 0 Å². The summed E-state index contributed by atoms with van der Waals surface area (Å²) in [5.41, 5.74) is 0. The molecule has 2 unspecified atom stereocenters. The fraction of sp³-hybridized carbons (Fsp3) is 0.833. The first-order valence-corrected chi connectivity index (χ1v) is 4.30. The highest BCUT2D eigenvalue weighted by atomic mass is 127. The van der Waals surface area contributed by atoms with Crippen LogP contribution in [-0.4, -0.2) is 16.4 Å². The number of amides is 1. The minimum absolute atomic E-state index is 0.0850. The summed E-state index contributed by atoms with van der Waals surface area (Å²) in [6, 6.07) is 0.0850. The van der Waals surface area contributed by atoms with Crippen molar-refractivity contribution in [1.29, 1.82) is 0 Å². The molecule has 1 rings (SSSR count). The fourth-order valence-electron chi connectivity index (χ4n) is 0.928. The Labute approximate surface area is 69.9 Å². The molecule has 2 nitrogen and oxygen atoms in total. The van der Waals surface area contributed by atoms with Crippen LogP contribution in [0.2, 0.25) is 0 Å². The van der Waals surface area contributed by atoms with Gasteiger partial charge in [-0.2, -0.15) is 0 Å². The Bertz CT molecular complexity index is 140. The molecular weight excluding hydrogens is 229 g/mol. The van der Waals surface area contributed by atoms with Gasteiger partial charge >= 0.3 is 0 Å². The van der Waals surface area contributed by atoms with Crippen molar-refractivity contribution in [1.82, 2.24) is 5.32 Å². The fourth-order valence-corrected chi connectivity index (χ4v) is 1.47. The Balaban J connectivity index is 2.39. The summed E-state index contributed by atoms with van der Waals surface area (Å²) in [6.07, 6.45) is 2.54. The van der Waals surface area contributed by atoms with Gasteiger partial charge in [-0.15, -0.1) is 0 Å². The average molecular weight is 240 g/mol. The number of nitrogens with one attached hydrogen (secondary N) is 1. The van der Waals surface area contributed by atoms with E-state index in [0.717, 1.165) is 12.8 Å². The number of carbonyl (C=O) groups excluding carboxylic acids is 1. The van der Waals surface area contributed by atoms with Gasteiger partial charge in [0.1, 0.15) is 0 Å². The zero-order chi connectivity index (χ0) is 7.56. The minimum atomic E-state index is -0.193. The van der Waals surface area contributed by atoms with Crippen LogP contribution in [0.15, 0.2) is 0 Å². The van der Waals surface area contributed by atoms with Crippen molar-refractivity contribution >= 4 is 28.5 Å². The van der Waals surface area contributed by atoms with Crippen molar-refractivity contribution in [2.45, 2.75) is 25.3 Å². The molecule has 1 aliphatic rings. The molecule has 1 heterocycles. The number of hydrogen-bond donors (Lipinski definition) is 1. The van der Waals surface area contributed by atoms with E-state index in [-0.39, 0.29) is 16.4 Å². The molecule has 1 aliphatic heterocycles. The minimum Gasteiger partial charge on any atom is -0.353 e. The molecule has 1 fully saturated rings. The molecule has 52 valence electrons. The van der Waals surface area contributed by atoms with Crippen LogP contribution >= 0.6 is 22.6 Å². The Morgan fingerprint density at radius 1 is 2.00 bits per heavy atom. The highest BCUT2D eigenvalue weighted by Crippen LogP contribution is 2.09. The molecule has 0 aliphatic carbocycles. The molecule has 0 aromatic heterocycles. The van der Waals surface area contributed by atoms with E-state index in [1.807, 2.05) is 22.6 Å². The van der Waals surface area contributed by atoms with Gasteiger partial charge in [0.2, 0.25) is 5.91 Å². The summed E-state index contributed by atoms with van der Waals surface area (Å²) in [4.78, 5) is 10.8. The Hall–Kier alpha value is 0.200. The Morgan fingerprint density at radius 3 is 3.22 bits per heavy atom. The molecule has 1 N–H and O–H groups in total. The van der Waals surface area contributed by atoms with Crippen molar-refractivity contribution in [3.05, 3.63) is 0 Å². The first-order valence-electron chi connectivity index (χ1n) is 3.63. The summed E-state index contributed by atoms with van der Waals surface area (Å²) in [5, 5.41) is 2.78. The van der Waals surface area contributed by atoms with Gasteiger partial charge in [0, 0.05) is 18.2 Å². The number of rotatable bonds is 1. The highest BCUT2D eigenvalue weighted by molar-refractivity contribution is 14.1. The largest absolute Gasteiger partial charge is 0.353 e. The topological polar surface area (TPSA) is 29.1 Å². The number of carbonyl (C=O) groups is 1. The van der Waals surface area contributed by atoms with Gasteiger partial charge in [0.15, 0.2) is 0 Å². The highest BCUT2D eigenvalue weighted by Gasteiger charge is 2.15. The number of piperidine rings is 1. The second-order valence-corrected chi connectivity index (χ2v) is 2.91. The maximum absolute atomic E-state index is 10.8. The van der Waals surface area contributed by atoms with Crippen LogP contribution in [0.25, 0.3) is 0 Å². The number of halogens is 1. The lowest BCUT2D eigenvalue weighted by molar-refractivity contribution is -0.123. The van der Waals surface area contributed by atoms with Crippen molar-refractivity contribution in [3.8, 4) is 0 Å². The molecule has 0 aromatic carbocycles. The maximum atomic E-state index is 10.8. The van der Waals surface area contributed by atoms with E-state index in [4.69, 9.17) is 1.37 Å². The Kier molecular flexibility index (Phi) is 2.24. The molecular formula is C6H10INO. The van der Waals surface area contributed by atoms with Crippen LogP contribution in [-0.2, 0) is 4.79 Å². The lowest BCUT2D eigenvalue weighted by Gasteiger charge is -2.20. The van der Waals surface area contributed by atoms with E-state index in [1.54, 1.807) is 0 Å². The van der Waals surface area contributed by atoms with Gasteiger partial charge in [0.25, 0.3) is 0 Å². The zero-order valence-electron chi connectivity index (χ0n) is 6.06. The third-order valence-corrected chi connectivity index (χ3v) is 2.29. The first kappa shape index (κ1) is 5.95. The summed E-state index contributed by atoms with van der Waals surface area (Å²) >= 11 is 2.02. The van der Waals surface area contributed by atoms with E-state index in [0.29, 0.717) is 6.42 Å². The summed E-state index contributed by atoms with van der Waals surface area (Å²) < 4.78 is 7.14. The average Bonchev–Trinajstić information content (AvgIpc) is 1.88. The predicted molar refractivity (Wildman–Crippen MR) is 44.7 cm³/mol. The van der Waals surface area contributed by atoms with E-state index in [1.165, 1.54) is 0 Å². The molecule has 3 heteroatoms. The maximum Gasteiger partial charge on any atom is 0.220 e. The second kappa shape index (κ2) is 3.39. The number of alkyl halides is 1. The molecule has 0 bridgehead atoms. The lowest BCUT2D eigenvalue weighted by atomic mass is 10.1. The molecule has 1 amide bonds. The van der Waals surface area contributed by atoms with E-state index >= 15 is 0 Å². The van der Waals surface area contributed by atoms with E-state index in [9.17, 15) is 4.79 Å². The van der Waals surface area contributed by atoms with Gasteiger partial charge in [-0.3, -0.25) is 4.79 Å². The zero-order valence-corrected chi connectivity index (χ0v) is 7.22. The third kappa shape index (κ3) is 2.12. The Morgan fingerprint density at radius 2 is 2.78 bits per heavy atom. The van der Waals surface area contributed by atoms with Crippen molar-refractivity contribution in [3.63, 3.8) is 0 Å². The summed E-state index contributed by atoms with van der Waals surface area (Å²) in [7, 11) is 0. The smallest absolute Gasteiger partial charge is 0.220 e. The van der Waals surface area contributed by atoms with Crippen LogP contribution in [0, 0.1) is 0 Å². The SMILES string of the molecule is [2H]C(I)C1CCCC(=O)N1. The van der Waals surface area contributed by atoms with Gasteiger partial charge < -0.3 is 5.32 Å². The van der Waals surface area contributed by atoms with Crippen molar-refractivity contribution < 1.29 is 6.17 Å². The van der Waals surface area contributed by atoms with Gasteiger partial charge in [-0.05, 0) is 12.8 Å². The molecule has 0 radical (unpaired) electrons. The quantitative estimate of drug-likeness (QED) is 0.539. The molecule has 2 atom stereocenters. The van der Waals surface area contributed by atoms with Gasteiger partial charge in [-0.25, -0.2) is 0 Å². The van der Waals surface area contributed by atoms with Crippen molar-refractivity contribution in [2.75, 3.05) is 4.40 Å². The van der Waals surface area contributed by atoms with Crippen molar-refractivity contribution in [2.24, 2.45) is 0 Å². The third-order valence-electron chi connectivity index (χ3n) is 1.42. The van der Waals surface area contributed by atoms with E-state index in [2.05, 4.69) is 5.32 Å². The lowest BCUT2D eigenvalue weighted by Crippen LogP contribution is -2.39. The second-order valence-electron chi connectivity index (χ2n) is 2.19. The standard InChI is InChI=1S/C6H10INO/c7-4-5-2-1-3-6(9)8-5/h5H,1-4H2,(H,8,9)/i4D. The van der Waals surface area contributed by atoms with Crippen LogP contribution < -0.4 is 5.32 Å². The molecule has 0 saturated carbocycles. The predicted octanol–water partition coefficient (Wildman–Crippen LogP) is 1.09. The van der Waals surface area contributed by atoms with Gasteiger partial charge in [-0.1, -0.05) is 22.6 Å². The van der Waals surface area contributed by atoms with Crippen LogP contribution in [0.3, 0.4) is 0 Å². The molecule has 1 saturated heterocycles. The van der Waals surface area contributed by atoms with Crippen LogP contribution in [0.1, 0.15) is 20.6 Å². The van der Waals surface area contributed by atoms with E-state index < -0.39 is 0 Å². The molecule has 0 spiro atoms. The molecule has 0 aromatic rings. The monoisotopic (exact) mass is 240 g/mol. The summed E-state index contributed by atoms with van der Waals surface area (Å²) in [5.74, 6) is 0.102. The molecule has 9 heavy (non-hydrogen) atoms. The first-order chi connectivity index (χ1) is 4.70. The van der Waals surface area contributed by atoms with Gasteiger partial charge in [0.05, 0.1) is 0 Å². The number of hydrogen-bond acceptors (Lipinski definition) is 1.